The van der Waals surface area contributed by atoms with Crippen molar-refractivity contribution in [2.75, 3.05) is 39.5 Å². The van der Waals surface area contributed by atoms with Crippen molar-refractivity contribution in [3.63, 3.8) is 0 Å². The van der Waals surface area contributed by atoms with Crippen LogP contribution in [0.25, 0.3) is 0 Å². The van der Waals surface area contributed by atoms with Crippen molar-refractivity contribution in [2.24, 2.45) is 4.99 Å². The quantitative estimate of drug-likeness (QED) is 0.443. The molecule has 1 fully saturated rings. The fourth-order valence-electron chi connectivity index (χ4n) is 1.94. The third-order valence-corrected chi connectivity index (χ3v) is 4.90. The van der Waals surface area contributed by atoms with E-state index in [4.69, 9.17) is 0 Å². The van der Waals surface area contributed by atoms with E-state index in [0.29, 0.717) is 12.5 Å². The van der Waals surface area contributed by atoms with E-state index < -0.39 is 0 Å². The molecule has 0 radical (unpaired) electrons. The molecule has 1 amide bonds. The first-order valence-corrected chi connectivity index (χ1v) is 8.32. The van der Waals surface area contributed by atoms with Gasteiger partial charge in [-0.05, 0) is 32.4 Å². The summed E-state index contributed by atoms with van der Waals surface area (Å²) in [6.45, 7) is 9.79. The summed E-state index contributed by atoms with van der Waals surface area (Å²) in [5.41, 5.74) is 1.03. The van der Waals surface area contributed by atoms with Gasteiger partial charge in [0.05, 0.1) is 0 Å². The van der Waals surface area contributed by atoms with Crippen LogP contribution in [0.15, 0.2) is 17.1 Å². The molecule has 1 unspecified atom stereocenters. The number of nitrogens with one attached hydrogen (secondary N) is 2. The highest BCUT2D eigenvalue weighted by atomic mass is 32.2. The molecule has 1 aliphatic rings. The molecule has 5 nitrogen and oxygen atoms in total. The molecular formula is C15H28N4OS. The lowest BCUT2D eigenvalue weighted by Crippen LogP contribution is -2.44. The van der Waals surface area contributed by atoms with Gasteiger partial charge in [-0.3, -0.25) is 4.79 Å². The lowest BCUT2D eigenvalue weighted by atomic mass is 10.1. The fourth-order valence-corrected chi connectivity index (χ4v) is 3.19. The van der Waals surface area contributed by atoms with Gasteiger partial charge in [0.25, 0.3) is 0 Å². The standard InChI is InChI=1S/C15H28N4OS/c1-12(2)9-16-14(17-10-13(20)19(4)5)18-11-15(3)7-6-8-21-15/h1,6-11H2,2-5H3,(H2,16,17,18). The molecule has 0 aliphatic carbocycles. The minimum Gasteiger partial charge on any atom is -0.355 e. The van der Waals surface area contributed by atoms with Crippen molar-refractivity contribution in [2.45, 2.75) is 31.4 Å². The lowest BCUT2D eigenvalue weighted by molar-refractivity contribution is -0.127. The zero-order valence-electron chi connectivity index (χ0n) is 13.7. The number of carbonyl (C=O) groups excluding carboxylic acids is 1. The van der Waals surface area contributed by atoms with Crippen molar-refractivity contribution in [1.29, 1.82) is 0 Å². The first-order valence-electron chi connectivity index (χ1n) is 7.33. The molecule has 21 heavy (non-hydrogen) atoms. The highest BCUT2D eigenvalue weighted by molar-refractivity contribution is 8.00. The third-order valence-electron chi connectivity index (χ3n) is 3.36. The average Bonchev–Trinajstić information content (AvgIpc) is 2.84. The summed E-state index contributed by atoms with van der Waals surface area (Å²) in [6.07, 6.45) is 2.49. The predicted molar refractivity (Wildman–Crippen MR) is 91.9 cm³/mol. The third kappa shape index (κ3) is 6.89. The summed E-state index contributed by atoms with van der Waals surface area (Å²) in [5, 5.41) is 6.57. The van der Waals surface area contributed by atoms with Crippen LogP contribution in [0.1, 0.15) is 26.7 Å². The maximum absolute atomic E-state index is 11.7. The van der Waals surface area contributed by atoms with Crippen LogP contribution in [0.5, 0.6) is 0 Å². The predicted octanol–water partition coefficient (Wildman–Crippen LogP) is 1.47. The molecule has 0 bridgehead atoms. The van der Waals surface area contributed by atoms with E-state index in [0.717, 1.165) is 12.1 Å². The highest BCUT2D eigenvalue weighted by Gasteiger charge is 2.29. The van der Waals surface area contributed by atoms with Gasteiger partial charge < -0.3 is 15.5 Å². The van der Waals surface area contributed by atoms with Gasteiger partial charge in [-0.15, -0.1) is 0 Å². The Morgan fingerprint density at radius 3 is 2.67 bits per heavy atom. The molecule has 1 heterocycles. The molecule has 1 saturated heterocycles. The van der Waals surface area contributed by atoms with Crippen LogP contribution in [0, 0.1) is 0 Å². The van der Waals surface area contributed by atoms with Crippen LogP contribution < -0.4 is 10.6 Å². The molecule has 1 aliphatic heterocycles. The largest absolute Gasteiger partial charge is 0.355 e. The van der Waals surface area contributed by atoms with E-state index in [1.54, 1.807) is 19.0 Å². The number of nitrogens with zero attached hydrogens (tertiary/aromatic N) is 2. The van der Waals surface area contributed by atoms with E-state index in [1.165, 1.54) is 18.6 Å². The number of thioether (sulfide) groups is 1. The summed E-state index contributed by atoms with van der Waals surface area (Å²) in [4.78, 5) is 17.6. The normalized spacial score (nSPS) is 22.0. The number of rotatable bonds is 6. The van der Waals surface area contributed by atoms with Gasteiger partial charge in [0.15, 0.2) is 5.96 Å². The topological polar surface area (TPSA) is 56.7 Å². The maximum atomic E-state index is 11.7. The zero-order chi connectivity index (χ0) is 15.9. The number of carbonyl (C=O) groups is 1. The van der Waals surface area contributed by atoms with Crippen molar-refractivity contribution in [3.8, 4) is 0 Å². The minimum atomic E-state index is -0.00659. The number of guanidine groups is 1. The Morgan fingerprint density at radius 2 is 2.14 bits per heavy atom. The van der Waals surface area contributed by atoms with Gasteiger partial charge in [-0.25, -0.2) is 4.99 Å². The molecule has 0 aromatic carbocycles. The second-order valence-corrected chi connectivity index (χ2v) is 7.70. The molecule has 1 atom stereocenters. The molecule has 1 rings (SSSR count). The average molecular weight is 312 g/mol. The molecule has 2 N–H and O–H groups in total. The summed E-state index contributed by atoms with van der Waals surface area (Å²) in [7, 11) is 3.48. The minimum absolute atomic E-state index is 0.00659. The van der Waals surface area contributed by atoms with Gasteiger partial charge in [-0.1, -0.05) is 12.2 Å². The van der Waals surface area contributed by atoms with Gasteiger partial charge >= 0.3 is 0 Å². The van der Waals surface area contributed by atoms with Gasteiger partial charge in [-0.2, -0.15) is 11.8 Å². The Labute approximate surface area is 132 Å². The second-order valence-electron chi connectivity index (χ2n) is 6.02. The molecular weight excluding hydrogens is 284 g/mol. The fraction of sp³-hybridized carbons (Fsp3) is 0.733. The van der Waals surface area contributed by atoms with E-state index in [1.807, 2.05) is 18.7 Å². The number of likely N-dealkylation sites (N-methyl/N-ethyl adjacent to an activating group) is 1. The smallest absolute Gasteiger partial charge is 0.243 e. The lowest BCUT2D eigenvalue weighted by Gasteiger charge is -2.24. The summed E-state index contributed by atoms with van der Waals surface area (Å²) >= 11 is 2.00. The molecule has 0 aromatic heterocycles. The molecule has 120 valence electrons. The molecule has 0 saturated carbocycles. The Kier molecular flexibility index (Phi) is 7.08. The first kappa shape index (κ1) is 17.9. The summed E-state index contributed by atoms with van der Waals surface area (Å²) in [6, 6.07) is 0. The van der Waals surface area contributed by atoms with E-state index >= 15 is 0 Å². The highest BCUT2D eigenvalue weighted by Crippen LogP contribution is 2.36. The summed E-state index contributed by atoms with van der Waals surface area (Å²) in [5.74, 6) is 1.90. The van der Waals surface area contributed by atoms with Crippen LogP contribution in [0.3, 0.4) is 0 Å². The zero-order valence-corrected chi connectivity index (χ0v) is 14.5. The Balaban J connectivity index is 2.56. The number of hydrogen-bond donors (Lipinski definition) is 2. The van der Waals surface area contributed by atoms with Gasteiger partial charge in [0, 0.05) is 31.9 Å². The molecule has 0 spiro atoms. The Hall–Kier alpha value is -1.17. The van der Waals surface area contributed by atoms with Crippen LogP contribution in [0.4, 0.5) is 0 Å². The first-order chi connectivity index (χ1) is 9.82. The number of aliphatic imine (C=N–C) groups is 1. The Morgan fingerprint density at radius 1 is 1.43 bits per heavy atom. The van der Waals surface area contributed by atoms with Crippen molar-refractivity contribution in [3.05, 3.63) is 12.2 Å². The van der Waals surface area contributed by atoms with E-state index in [9.17, 15) is 4.79 Å². The SMILES string of the molecule is C=C(C)CNC(=NCC(=O)N(C)C)NCC1(C)CCCS1. The van der Waals surface area contributed by atoms with Crippen molar-refractivity contribution in [1.82, 2.24) is 15.5 Å². The van der Waals surface area contributed by atoms with E-state index in [2.05, 4.69) is 29.1 Å². The monoisotopic (exact) mass is 312 g/mol. The van der Waals surface area contributed by atoms with Crippen LogP contribution in [-0.4, -0.2) is 61.0 Å². The summed E-state index contributed by atoms with van der Waals surface area (Å²) < 4.78 is 0.261. The number of amides is 1. The van der Waals surface area contributed by atoms with Gasteiger partial charge in [0.2, 0.25) is 5.91 Å². The number of hydrogen-bond acceptors (Lipinski definition) is 3. The maximum Gasteiger partial charge on any atom is 0.243 e. The van der Waals surface area contributed by atoms with Gasteiger partial charge in [0.1, 0.15) is 6.54 Å². The molecule has 6 heteroatoms. The van der Waals surface area contributed by atoms with E-state index in [-0.39, 0.29) is 17.2 Å². The molecule has 0 aromatic rings. The van der Waals surface area contributed by atoms with Crippen molar-refractivity contribution < 1.29 is 4.79 Å². The van der Waals surface area contributed by atoms with Crippen molar-refractivity contribution >= 4 is 23.6 Å². The van der Waals surface area contributed by atoms with Crippen LogP contribution >= 0.6 is 11.8 Å². The van der Waals surface area contributed by atoms with Crippen LogP contribution in [0.2, 0.25) is 0 Å². The van der Waals surface area contributed by atoms with Crippen LogP contribution in [-0.2, 0) is 4.79 Å². The second kappa shape index (κ2) is 8.32. The Bertz CT molecular complexity index is 400.